The molecule has 9 heteroatoms. The van der Waals surface area contributed by atoms with Crippen molar-refractivity contribution in [1.29, 1.82) is 0 Å². The maximum absolute atomic E-state index is 12.2. The Kier molecular flexibility index (Phi) is 6.86. The predicted octanol–water partition coefficient (Wildman–Crippen LogP) is 2.75. The second-order valence-corrected chi connectivity index (χ2v) is 7.77. The summed E-state index contributed by atoms with van der Waals surface area (Å²) in [5.74, 6) is 0.167. The SMILES string of the molecule is Cc1cc(-c2ccc(N)c(NCc3ccc4[nH]c(=O)ccc4c3)n2)ccc1C(=O)NOCCO. The number of aromatic amines is 1. The highest BCUT2D eigenvalue weighted by Crippen LogP contribution is 2.26. The molecule has 4 aromatic rings. The van der Waals surface area contributed by atoms with Crippen molar-refractivity contribution in [2.24, 2.45) is 0 Å². The fraction of sp³-hybridized carbons (Fsp3) is 0.160. The topological polar surface area (TPSA) is 142 Å². The third kappa shape index (κ3) is 5.22. The summed E-state index contributed by atoms with van der Waals surface area (Å²) in [5.41, 5.74) is 13.4. The van der Waals surface area contributed by atoms with Gasteiger partial charge in [0.1, 0.15) is 5.82 Å². The average molecular weight is 460 g/mol. The molecule has 0 bridgehead atoms. The summed E-state index contributed by atoms with van der Waals surface area (Å²) in [6, 6.07) is 18.1. The van der Waals surface area contributed by atoms with Gasteiger partial charge in [0.05, 0.1) is 24.6 Å². The lowest BCUT2D eigenvalue weighted by Gasteiger charge is -2.12. The molecule has 4 rings (SSSR count). The first-order valence-corrected chi connectivity index (χ1v) is 10.7. The van der Waals surface area contributed by atoms with E-state index in [2.05, 4.69) is 20.8 Å². The van der Waals surface area contributed by atoms with E-state index >= 15 is 0 Å². The minimum atomic E-state index is -0.385. The number of H-pyrrole nitrogens is 1. The summed E-state index contributed by atoms with van der Waals surface area (Å²) >= 11 is 0. The van der Waals surface area contributed by atoms with E-state index in [4.69, 9.17) is 15.7 Å². The van der Waals surface area contributed by atoms with Crippen LogP contribution in [0.3, 0.4) is 0 Å². The van der Waals surface area contributed by atoms with E-state index in [1.807, 2.05) is 37.3 Å². The van der Waals surface area contributed by atoms with Gasteiger partial charge in [-0.15, -0.1) is 0 Å². The molecule has 2 aromatic heterocycles. The van der Waals surface area contributed by atoms with Crippen molar-refractivity contribution in [2.45, 2.75) is 13.5 Å². The monoisotopic (exact) mass is 459 g/mol. The number of carbonyl (C=O) groups excluding carboxylic acids is 1. The molecule has 2 heterocycles. The maximum atomic E-state index is 12.2. The zero-order chi connectivity index (χ0) is 24.1. The van der Waals surface area contributed by atoms with Gasteiger partial charge in [-0.05, 0) is 65.9 Å². The first-order valence-electron chi connectivity index (χ1n) is 10.7. The minimum Gasteiger partial charge on any atom is -0.396 e. The standard InChI is InChI=1S/C25H25N5O4/c1-15-12-17(3-5-19(15)25(33)30-34-11-10-31)22-8-6-20(26)24(29-22)27-14-16-2-7-21-18(13-16)4-9-23(32)28-21/h2-9,12-13,31H,10-11,14,26H2,1H3,(H,27,29)(H,28,32)(H,30,33). The van der Waals surface area contributed by atoms with E-state index in [0.29, 0.717) is 29.3 Å². The fourth-order valence-corrected chi connectivity index (χ4v) is 3.57. The van der Waals surface area contributed by atoms with Gasteiger partial charge in [-0.2, -0.15) is 0 Å². The lowest BCUT2D eigenvalue weighted by molar-refractivity contribution is 0.0168. The maximum Gasteiger partial charge on any atom is 0.275 e. The lowest BCUT2D eigenvalue weighted by atomic mass is 10.0. The fourth-order valence-electron chi connectivity index (χ4n) is 3.57. The van der Waals surface area contributed by atoms with Gasteiger partial charge in [0, 0.05) is 29.3 Å². The van der Waals surface area contributed by atoms with Crippen LogP contribution in [0.5, 0.6) is 0 Å². The van der Waals surface area contributed by atoms with Crippen molar-refractivity contribution in [3.05, 3.63) is 87.7 Å². The molecule has 9 nitrogen and oxygen atoms in total. The third-order valence-corrected chi connectivity index (χ3v) is 5.30. The number of rotatable bonds is 8. The van der Waals surface area contributed by atoms with Gasteiger partial charge in [0.15, 0.2) is 0 Å². The summed E-state index contributed by atoms with van der Waals surface area (Å²) in [4.78, 5) is 36.1. The summed E-state index contributed by atoms with van der Waals surface area (Å²) in [6.45, 7) is 2.17. The Morgan fingerprint density at radius 2 is 1.97 bits per heavy atom. The number of carbonyl (C=O) groups is 1. The third-order valence-electron chi connectivity index (χ3n) is 5.30. The van der Waals surface area contributed by atoms with Crippen LogP contribution in [0.2, 0.25) is 0 Å². The predicted molar refractivity (Wildman–Crippen MR) is 131 cm³/mol. The van der Waals surface area contributed by atoms with Crippen molar-refractivity contribution in [3.63, 3.8) is 0 Å². The quantitative estimate of drug-likeness (QED) is 0.201. The molecule has 0 spiro atoms. The second-order valence-electron chi connectivity index (χ2n) is 7.77. The van der Waals surface area contributed by atoms with Gasteiger partial charge >= 0.3 is 0 Å². The Hall–Kier alpha value is -4.21. The van der Waals surface area contributed by atoms with Gasteiger partial charge < -0.3 is 21.1 Å². The Morgan fingerprint density at radius 1 is 1.12 bits per heavy atom. The van der Waals surface area contributed by atoms with Crippen LogP contribution < -0.4 is 22.1 Å². The Balaban J connectivity index is 1.50. The summed E-state index contributed by atoms with van der Waals surface area (Å²) in [5, 5.41) is 13.0. The molecule has 0 saturated carbocycles. The number of aryl methyl sites for hydroxylation is 1. The largest absolute Gasteiger partial charge is 0.396 e. The molecule has 0 unspecified atom stereocenters. The number of pyridine rings is 2. The molecular formula is C25H25N5O4. The number of aliphatic hydroxyl groups excluding tert-OH is 1. The number of amides is 1. The zero-order valence-corrected chi connectivity index (χ0v) is 18.6. The Morgan fingerprint density at radius 3 is 2.76 bits per heavy atom. The molecule has 0 fully saturated rings. The van der Waals surface area contributed by atoms with Crippen LogP contribution in [0, 0.1) is 6.92 Å². The van der Waals surface area contributed by atoms with Gasteiger partial charge in [-0.3, -0.25) is 14.4 Å². The average Bonchev–Trinajstić information content (AvgIpc) is 2.83. The number of benzene rings is 2. The smallest absolute Gasteiger partial charge is 0.275 e. The van der Waals surface area contributed by atoms with Gasteiger partial charge in [-0.1, -0.05) is 12.1 Å². The highest BCUT2D eigenvalue weighted by atomic mass is 16.7. The van der Waals surface area contributed by atoms with Crippen LogP contribution in [-0.4, -0.2) is 34.2 Å². The summed E-state index contributed by atoms with van der Waals surface area (Å²) < 4.78 is 0. The van der Waals surface area contributed by atoms with E-state index in [1.54, 1.807) is 24.3 Å². The van der Waals surface area contributed by atoms with Gasteiger partial charge in [0.25, 0.3) is 5.91 Å². The van der Waals surface area contributed by atoms with Crippen LogP contribution in [-0.2, 0) is 11.4 Å². The molecule has 174 valence electrons. The summed E-state index contributed by atoms with van der Waals surface area (Å²) in [6.07, 6.45) is 0. The van der Waals surface area contributed by atoms with E-state index in [1.165, 1.54) is 6.07 Å². The molecular weight excluding hydrogens is 434 g/mol. The molecule has 0 aliphatic heterocycles. The molecule has 0 radical (unpaired) electrons. The van der Waals surface area contributed by atoms with Crippen molar-refractivity contribution in [2.75, 3.05) is 24.3 Å². The highest BCUT2D eigenvalue weighted by molar-refractivity contribution is 5.95. The van der Waals surface area contributed by atoms with E-state index in [-0.39, 0.29) is 24.7 Å². The molecule has 0 saturated heterocycles. The normalized spacial score (nSPS) is 10.9. The molecule has 0 aliphatic carbocycles. The minimum absolute atomic E-state index is 0.0206. The number of anilines is 2. The van der Waals surface area contributed by atoms with Crippen LogP contribution in [0.25, 0.3) is 22.2 Å². The zero-order valence-electron chi connectivity index (χ0n) is 18.6. The van der Waals surface area contributed by atoms with Crippen LogP contribution in [0.15, 0.2) is 65.5 Å². The van der Waals surface area contributed by atoms with Crippen LogP contribution >= 0.6 is 0 Å². The first-order chi connectivity index (χ1) is 16.4. The number of nitrogens with one attached hydrogen (secondary N) is 3. The van der Waals surface area contributed by atoms with Crippen molar-refractivity contribution >= 4 is 28.3 Å². The summed E-state index contributed by atoms with van der Waals surface area (Å²) in [7, 11) is 0. The molecule has 1 amide bonds. The molecule has 0 aliphatic rings. The number of fused-ring (bicyclic) bond motifs is 1. The number of nitrogens with zero attached hydrogens (tertiary/aromatic N) is 1. The first kappa shape index (κ1) is 23.0. The van der Waals surface area contributed by atoms with Crippen LogP contribution in [0.1, 0.15) is 21.5 Å². The number of nitrogens with two attached hydrogens (primary N) is 1. The highest BCUT2D eigenvalue weighted by Gasteiger charge is 2.12. The van der Waals surface area contributed by atoms with E-state index in [0.717, 1.165) is 27.6 Å². The van der Waals surface area contributed by atoms with E-state index < -0.39 is 0 Å². The van der Waals surface area contributed by atoms with Crippen molar-refractivity contribution < 1.29 is 14.7 Å². The number of hydrogen-bond donors (Lipinski definition) is 5. The van der Waals surface area contributed by atoms with Gasteiger partial charge in [0.2, 0.25) is 5.56 Å². The molecule has 34 heavy (non-hydrogen) atoms. The van der Waals surface area contributed by atoms with Gasteiger partial charge in [-0.25, -0.2) is 10.5 Å². The Labute approximate surface area is 195 Å². The molecule has 2 aromatic carbocycles. The van der Waals surface area contributed by atoms with Crippen molar-refractivity contribution in [3.8, 4) is 11.3 Å². The molecule has 6 N–H and O–H groups in total. The number of hydroxylamine groups is 1. The van der Waals surface area contributed by atoms with E-state index in [9.17, 15) is 9.59 Å². The number of aliphatic hydroxyl groups is 1. The second kappa shape index (κ2) is 10.2. The van der Waals surface area contributed by atoms with Crippen molar-refractivity contribution in [1.82, 2.24) is 15.4 Å². The van der Waals surface area contributed by atoms with Crippen LogP contribution in [0.4, 0.5) is 11.5 Å². The lowest BCUT2D eigenvalue weighted by Crippen LogP contribution is -2.25. The number of hydrogen-bond acceptors (Lipinski definition) is 7. The number of aromatic nitrogens is 2. The Bertz CT molecular complexity index is 1400. The number of nitrogen functional groups attached to an aromatic ring is 1. The molecule has 0 atom stereocenters.